The zero-order valence-corrected chi connectivity index (χ0v) is 16.1. The van der Waals surface area contributed by atoms with Crippen LogP contribution in [-0.2, 0) is 6.54 Å². The number of rotatable bonds is 6. The normalized spacial score (nSPS) is 20.8. The molecule has 1 saturated heterocycles. The maximum absolute atomic E-state index is 10.6. The lowest BCUT2D eigenvalue weighted by Crippen LogP contribution is -2.42. The van der Waals surface area contributed by atoms with E-state index in [9.17, 15) is 5.11 Å². The summed E-state index contributed by atoms with van der Waals surface area (Å²) < 4.78 is 11.0. The topological polar surface area (TPSA) is 41.9 Å². The average Bonchev–Trinajstić information content (AvgIpc) is 2.65. The Hall–Kier alpha value is -1.75. The number of hydrogen-bond donors (Lipinski definition) is 1. The number of β-amino-alcohol motifs (C(OH)–C–C–N with tert-alkyl or cyclic N) is 1. The molecule has 0 amide bonds. The molecule has 0 unspecified atom stereocenters. The van der Waals surface area contributed by atoms with Crippen molar-refractivity contribution in [3.8, 4) is 11.5 Å². The Morgan fingerprint density at radius 2 is 1.96 bits per heavy atom. The number of halogens is 1. The summed E-state index contributed by atoms with van der Waals surface area (Å²) in [5, 5.41) is 11.3. The van der Waals surface area contributed by atoms with Gasteiger partial charge in [0, 0.05) is 30.1 Å². The average molecular weight is 376 g/mol. The third-order valence-corrected chi connectivity index (χ3v) is 5.27. The molecule has 0 aliphatic carbocycles. The fourth-order valence-electron chi connectivity index (χ4n) is 3.60. The van der Waals surface area contributed by atoms with E-state index < -0.39 is 0 Å². The minimum atomic E-state index is -0.380. The number of piperidine rings is 1. The third-order valence-electron chi connectivity index (χ3n) is 4.92. The van der Waals surface area contributed by atoms with Crippen LogP contribution < -0.4 is 9.47 Å². The molecule has 0 spiro atoms. The molecule has 2 aromatic rings. The largest absolute Gasteiger partial charge is 0.493 e. The zero-order chi connectivity index (χ0) is 18.5. The van der Waals surface area contributed by atoms with Gasteiger partial charge in [-0.05, 0) is 37.1 Å². The lowest BCUT2D eigenvalue weighted by Gasteiger charge is -2.36. The SMILES string of the molecule is CCOc1cc(CN2CC[C@@H](c3ccccc3)[C@H](O)C2)c(Cl)cc1OC. The fourth-order valence-corrected chi connectivity index (χ4v) is 3.81. The van der Waals surface area contributed by atoms with E-state index in [2.05, 4.69) is 17.0 Å². The number of hydrogen-bond acceptors (Lipinski definition) is 4. The first-order chi connectivity index (χ1) is 12.6. The standard InChI is InChI=1S/C21H26ClNO3/c1-3-26-21-11-16(18(22)12-20(21)25-2)13-23-10-9-17(19(24)14-23)15-7-5-4-6-8-15/h4-8,11-12,17,19,24H,3,9-10,13-14H2,1-2H3/t17-,19+/m0/s1. The Kier molecular flexibility index (Phi) is 6.41. The van der Waals surface area contributed by atoms with Crippen molar-refractivity contribution in [2.24, 2.45) is 0 Å². The summed E-state index contributed by atoms with van der Waals surface area (Å²) in [5.74, 6) is 1.54. The Morgan fingerprint density at radius 1 is 1.19 bits per heavy atom. The number of benzene rings is 2. The molecule has 3 rings (SSSR count). The second-order valence-electron chi connectivity index (χ2n) is 6.64. The molecule has 2 aromatic carbocycles. The summed E-state index contributed by atoms with van der Waals surface area (Å²) in [6, 6.07) is 14.0. The highest BCUT2D eigenvalue weighted by Gasteiger charge is 2.29. The van der Waals surface area contributed by atoms with Crippen molar-refractivity contribution in [3.63, 3.8) is 0 Å². The van der Waals surface area contributed by atoms with E-state index in [1.165, 1.54) is 5.56 Å². The van der Waals surface area contributed by atoms with Crippen LogP contribution in [0.25, 0.3) is 0 Å². The van der Waals surface area contributed by atoms with E-state index in [-0.39, 0.29) is 12.0 Å². The monoisotopic (exact) mass is 375 g/mol. The van der Waals surface area contributed by atoms with Gasteiger partial charge in [-0.1, -0.05) is 41.9 Å². The van der Waals surface area contributed by atoms with Gasteiger partial charge in [-0.25, -0.2) is 0 Å². The summed E-state index contributed by atoms with van der Waals surface area (Å²) in [6.07, 6.45) is 0.548. The molecule has 1 N–H and O–H groups in total. The van der Waals surface area contributed by atoms with Gasteiger partial charge >= 0.3 is 0 Å². The van der Waals surface area contributed by atoms with E-state index >= 15 is 0 Å². The minimum absolute atomic E-state index is 0.192. The van der Waals surface area contributed by atoms with Crippen LogP contribution in [0, 0.1) is 0 Å². The van der Waals surface area contributed by atoms with Gasteiger partial charge in [-0.2, -0.15) is 0 Å². The maximum atomic E-state index is 10.6. The van der Waals surface area contributed by atoms with Crippen molar-refractivity contribution in [1.82, 2.24) is 4.90 Å². The molecule has 26 heavy (non-hydrogen) atoms. The smallest absolute Gasteiger partial charge is 0.162 e. The summed E-state index contributed by atoms with van der Waals surface area (Å²) in [7, 11) is 1.61. The van der Waals surface area contributed by atoms with Gasteiger partial charge in [-0.15, -0.1) is 0 Å². The number of aliphatic hydroxyl groups excluding tert-OH is 1. The Bertz CT molecular complexity index is 723. The lowest BCUT2D eigenvalue weighted by atomic mass is 9.87. The summed E-state index contributed by atoms with van der Waals surface area (Å²) in [4.78, 5) is 2.24. The van der Waals surface area contributed by atoms with Crippen LogP contribution in [0.2, 0.25) is 5.02 Å². The van der Waals surface area contributed by atoms with Crippen LogP contribution in [0.1, 0.15) is 30.4 Å². The van der Waals surface area contributed by atoms with Gasteiger partial charge < -0.3 is 14.6 Å². The number of ether oxygens (including phenoxy) is 2. The molecular weight excluding hydrogens is 350 g/mol. The third kappa shape index (κ3) is 4.32. The predicted octanol–water partition coefficient (Wildman–Crippen LogP) is 4.10. The number of nitrogens with zero attached hydrogens (tertiary/aromatic N) is 1. The quantitative estimate of drug-likeness (QED) is 0.825. The van der Waals surface area contributed by atoms with Crippen molar-refractivity contribution in [1.29, 1.82) is 0 Å². The maximum Gasteiger partial charge on any atom is 0.162 e. The first-order valence-electron chi connectivity index (χ1n) is 9.07. The molecule has 0 radical (unpaired) electrons. The molecule has 1 aliphatic heterocycles. The second kappa shape index (κ2) is 8.76. The van der Waals surface area contributed by atoms with Crippen molar-refractivity contribution < 1.29 is 14.6 Å². The molecule has 0 aromatic heterocycles. The highest BCUT2D eigenvalue weighted by molar-refractivity contribution is 6.31. The van der Waals surface area contributed by atoms with Crippen LogP contribution in [0.3, 0.4) is 0 Å². The van der Waals surface area contributed by atoms with Crippen LogP contribution >= 0.6 is 11.6 Å². The number of likely N-dealkylation sites (tertiary alicyclic amines) is 1. The molecule has 0 saturated carbocycles. The van der Waals surface area contributed by atoms with Crippen LogP contribution in [-0.4, -0.2) is 42.9 Å². The molecule has 1 aliphatic rings. The van der Waals surface area contributed by atoms with Crippen molar-refractivity contribution in [2.45, 2.75) is 31.9 Å². The molecule has 4 nitrogen and oxygen atoms in total. The Labute approximate surface area is 160 Å². The molecule has 1 heterocycles. The van der Waals surface area contributed by atoms with E-state index in [4.69, 9.17) is 21.1 Å². The molecule has 5 heteroatoms. The van der Waals surface area contributed by atoms with Crippen molar-refractivity contribution in [3.05, 3.63) is 58.6 Å². The van der Waals surface area contributed by atoms with E-state index in [1.54, 1.807) is 13.2 Å². The lowest BCUT2D eigenvalue weighted by molar-refractivity contribution is 0.0476. The molecule has 140 valence electrons. The summed E-state index contributed by atoms with van der Waals surface area (Å²) in [5.41, 5.74) is 2.20. The van der Waals surface area contributed by atoms with Gasteiger partial charge in [0.15, 0.2) is 11.5 Å². The Balaban J connectivity index is 1.70. The Morgan fingerprint density at radius 3 is 2.62 bits per heavy atom. The van der Waals surface area contributed by atoms with Crippen LogP contribution in [0.15, 0.2) is 42.5 Å². The first-order valence-corrected chi connectivity index (χ1v) is 9.44. The van der Waals surface area contributed by atoms with Crippen molar-refractivity contribution >= 4 is 11.6 Å². The molecule has 1 fully saturated rings. The van der Waals surface area contributed by atoms with Crippen molar-refractivity contribution in [2.75, 3.05) is 26.8 Å². The highest BCUT2D eigenvalue weighted by atomic mass is 35.5. The van der Waals surface area contributed by atoms with Crippen LogP contribution in [0.5, 0.6) is 11.5 Å². The van der Waals surface area contributed by atoms with Gasteiger partial charge in [0.25, 0.3) is 0 Å². The number of aliphatic hydroxyl groups is 1. The minimum Gasteiger partial charge on any atom is -0.493 e. The fraction of sp³-hybridized carbons (Fsp3) is 0.429. The summed E-state index contributed by atoms with van der Waals surface area (Å²) >= 11 is 6.44. The second-order valence-corrected chi connectivity index (χ2v) is 7.04. The number of methoxy groups -OCH3 is 1. The molecular formula is C21H26ClNO3. The predicted molar refractivity (Wildman–Crippen MR) is 104 cm³/mol. The van der Waals surface area contributed by atoms with E-state index in [0.717, 1.165) is 18.5 Å². The van der Waals surface area contributed by atoms with Gasteiger partial charge in [0.2, 0.25) is 0 Å². The first kappa shape index (κ1) is 19.0. The van der Waals surface area contributed by atoms with Gasteiger partial charge in [0.05, 0.1) is 19.8 Å². The van der Waals surface area contributed by atoms with Crippen LogP contribution in [0.4, 0.5) is 0 Å². The molecule has 2 atom stereocenters. The molecule has 0 bridgehead atoms. The summed E-state index contributed by atoms with van der Waals surface area (Å²) in [6.45, 7) is 4.74. The van der Waals surface area contributed by atoms with E-state index in [1.807, 2.05) is 31.2 Å². The van der Waals surface area contributed by atoms with E-state index in [0.29, 0.717) is 36.2 Å². The highest BCUT2D eigenvalue weighted by Crippen LogP contribution is 2.35. The zero-order valence-electron chi connectivity index (χ0n) is 15.3. The van der Waals surface area contributed by atoms with Gasteiger partial charge in [0.1, 0.15) is 0 Å². The van der Waals surface area contributed by atoms with Gasteiger partial charge in [-0.3, -0.25) is 4.90 Å².